The summed E-state index contributed by atoms with van der Waals surface area (Å²) in [6.45, 7) is 4.81. The first-order chi connectivity index (χ1) is 12.2. The Kier molecular flexibility index (Phi) is 4.10. The van der Waals surface area contributed by atoms with Crippen LogP contribution in [0.3, 0.4) is 0 Å². The normalized spacial score (nSPS) is 11.1. The standard InChI is InChI=1S/C17H16N6OS/c1-3-13-16(25-11(2)20-13)10-23-9-14(21-22-23)12-7-18-17(19-8-12)15-5-4-6-24-15/h4-9H,3,10H2,1-2H3. The molecule has 8 heteroatoms. The molecule has 4 rings (SSSR count). The fourth-order valence-corrected chi connectivity index (χ4v) is 3.58. The predicted octanol–water partition coefficient (Wildman–Crippen LogP) is 3.37. The van der Waals surface area contributed by atoms with Gasteiger partial charge in [-0.3, -0.25) is 0 Å². The molecule has 4 heterocycles. The molecule has 0 atom stereocenters. The average molecular weight is 352 g/mol. The molecule has 25 heavy (non-hydrogen) atoms. The zero-order valence-electron chi connectivity index (χ0n) is 13.9. The predicted molar refractivity (Wildman–Crippen MR) is 94.1 cm³/mol. The Bertz CT molecular complexity index is 971. The van der Waals surface area contributed by atoms with Gasteiger partial charge in [-0.25, -0.2) is 19.6 Å². The number of furan rings is 1. The van der Waals surface area contributed by atoms with Gasteiger partial charge in [0.05, 0.1) is 29.7 Å². The van der Waals surface area contributed by atoms with Gasteiger partial charge in [0.1, 0.15) is 5.69 Å². The summed E-state index contributed by atoms with van der Waals surface area (Å²) >= 11 is 1.70. The van der Waals surface area contributed by atoms with Gasteiger partial charge in [-0.2, -0.15) is 0 Å². The number of hydrogen-bond acceptors (Lipinski definition) is 7. The molecule has 0 aliphatic heterocycles. The Hall–Kier alpha value is -2.87. The summed E-state index contributed by atoms with van der Waals surface area (Å²) in [6, 6.07) is 3.64. The molecule has 0 N–H and O–H groups in total. The van der Waals surface area contributed by atoms with E-state index in [1.54, 1.807) is 30.0 Å². The molecule has 0 saturated carbocycles. The maximum atomic E-state index is 5.30. The van der Waals surface area contributed by atoms with Gasteiger partial charge < -0.3 is 4.42 Å². The van der Waals surface area contributed by atoms with Crippen molar-refractivity contribution in [3.8, 4) is 22.8 Å². The Morgan fingerprint density at radius 1 is 1.24 bits per heavy atom. The highest BCUT2D eigenvalue weighted by Crippen LogP contribution is 2.21. The molecule has 0 bridgehead atoms. The van der Waals surface area contributed by atoms with Crippen molar-refractivity contribution in [3.63, 3.8) is 0 Å². The molecule has 0 spiro atoms. The van der Waals surface area contributed by atoms with Crippen LogP contribution in [0, 0.1) is 6.92 Å². The van der Waals surface area contributed by atoms with E-state index < -0.39 is 0 Å². The van der Waals surface area contributed by atoms with Crippen LogP contribution in [0.15, 0.2) is 41.4 Å². The molecule has 4 aromatic rings. The second-order valence-corrected chi connectivity index (χ2v) is 6.82. The minimum Gasteiger partial charge on any atom is -0.461 e. The van der Waals surface area contributed by atoms with Crippen LogP contribution < -0.4 is 0 Å². The van der Waals surface area contributed by atoms with Crippen molar-refractivity contribution < 1.29 is 4.42 Å². The molecule has 0 aliphatic carbocycles. The Labute approximate surface area is 148 Å². The van der Waals surface area contributed by atoms with Crippen LogP contribution >= 0.6 is 11.3 Å². The Morgan fingerprint density at radius 2 is 2.08 bits per heavy atom. The highest BCUT2D eigenvalue weighted by atomic mass is 32.1. The van der Waals surface area contributed by atoms with Crippen molar-refractivity contribution in [2.75, 3.05) is 0 Å². The number of nitrogens with zero attached hydrogens (tertiary/aromatic N) is 6. The molecule has 0 radical (unpaired) electrons. The summed E-state index contributed by atoms with van der Waals surface area (Å²) in [5.41, 5.74) is 2.69. The van der Waals surface area contributed by atoms with E-state index in [0.29, 0.717) is 18.1 Å². The largest absolute Gasteiger partial charge is 0.461 e. The first-order valence-electron chi connectivity index (χ1n) is 7.94. The van der Waals surface area contributed by atoms with E-state index in [1.807, 2.05) is 29.9 Å². The van der Waals surface area contributed by atoms with Gasteiger partial charge in [0.2, 0.25) is 0 Å². The van der Waals surface area contributed by atoms with Gasteiger partial charge in [-0.05, 0) is 25.5 Å². The van der Waals surface area contributed by atoms with Crippen LogP contribution in [0.2, 0.25) is 0 Å². The molecule has 4 aromatic heterocycles. The minimum absolute atomic E-state index is 0.550. The van der Waals surface area contributed by atoms with Gasteiger partial charge in [0.15, 0.2) is 11.6 Å². The lowest BCUT2D eigenvalue weighted by Crippen LogP contribution is -2.01. The van der Waals surface area contributed by atoms with Crippen molar-refractivity contribution in [2.45, 2.75) is 26.8 Å². The molecule has 0 fully saturated rings. The monoisotopic (exact) mass is 352 g/mol. The Morgan fingerprint density at radius 3 is 2.80 bits per heavy atom. The number of rotatable bonds is 5. The fraction of sp³-hybridized carbons (Fsp3) is 0.235. The minimum atomic E-state index is 0.550. The van der Waals surface area contributed by atoms with Crippen LogP contribution in [0.25, 0.3) is 22.8 Å². The highest BCUT2D eigenvalue weighted by Gasteiger charge is 2.11. The highest BCUT2D eigenvalue weighted by molar-refractivity contribution is 7.11. The van der Waals surface area contributed by atoms with Crippen LogP contribution in [0.4, 0.5) is 0 Å². The summed E-state index contributed by atoms with van der Waals surface area (Å²) in [7, 11) is 0. The third kappa shape index (κ3) is 3.20. The molecule has 126 valence electrons. The molecular weight excluding hydrogens is 336 g/mol. The van der Waals surface area contributed by atoms with Gasteiger partial charge in [-0.1, -0.05) is 12.1 Å². The second kappa shape index (κ2) is 6.56. The molecule has 0 unspecified atom stereocenters. The summed E-state index contributed by atoms with van der Waals surface area (Å²) < 4.78 is 7.12. The average Bonchev–Trinajstić information content (AvgIpc) is 3.36. The van der Waals surface area contributed by atoms with Gasteiger partial charge in [0, 0.05) is 22.8 Å². The van der Waals surface area contributed by atoms with E-state index in [0.717, 1.165) is 28.4 Å². The summed E-state index contributed by atoms with van der Waals surface area (Å²) in [5.74, 6) is 1.19. The zero-order chi connectivity index (χ0) is 17.2. The van der Waals surface area contributed by atoms with Crippen molar-refractivity contribution in [3.05, 3.63) is 52.6 Å². The number of hydrogen-bond donors (Lipinski definition) is 0. The molecule has 0 saturated heterocycles. The first-order valence-corrected chi connectivity index (χ1v) is 8.76. The van der Waals surface area contributed by atoms with E-state index in [-0.39, 0.29) is 0 Å². The fourth-order valence-electron chi connectivity index (χ4n) is 2.56. The number of thiazole rings is 1. The van der Waals surface area contributed by atoms with Crippen molar-refractivity contribution in [1.82, 2.24) is 29.9 Å². The second-order valence-electron chi connectivity index (χ2n) is 5.53. The van der Waals surface area contributed by atoms with E-state index in [1.165, 1.54) is 4.88 Å². The summed E-state index contributed by atoms with van der Waals surface area (Å²) in [5, 5.41) is 9.53. The lowest BCUT2D eigenvalue weighted by Gasteiger charge is -1.99. The molecule has 7 nitrogen and oxygen atoms in total. The summed E-state index contributed by atoms with van der Waals surface area (Å²) in [4.78, 5) is 14.4. The topological polar surface area (TPSA) is 82.5 Å². The van der Waals surface area contributed by atoms with Crippen LogP contribution in [0.1, 0.15) is 22.5 Å². The number of aromatic nitrogens is 6. The molecule has 0 aromatic carbocycles. The van der Waals surface area contributed by atoms with Crippen LogP contribution in [0.5, 0.6) is 0 Å². The lowest BCUT2D eigenvalue weighted by molar-refractivity contribution is 0.577. The lowest BCUT2D eigenvalue weighted by atomic mass is 10.2. The summed E-state index contributed by atoms with van der Waals surface area (Å²) in [6.07, 6.45) is 7.88. The third-order valence-corrected chi connectivity index (χ3v) is 4.75. The van der Waals surface area contributed by atoms with Crippen molar-refractivity contribution in [2.24, 2.45) is 0 Å². The molecular formula is C17H16N6OS. The van der Waals surface area contributed by atoms with Gasteiger partial charge >= 0.3 is 0 Å². The number of aryl methyl sites for hydroxylation is 2. The third-order valence-electron chi connectivity index (χ3n) is 3.75. The maximum absolute atomic E-state index is 5.30. The SMILES string of the molecule is CCc1nc(C)sc1Cn1cc(-c2cnc(-c3ccco3)nc2)nn1. The van der Waals surface area contributed by atoms with Crippen LogP contribution in [-0.4, -0.2) is 29.9 Å². The Balaban J connectivity index is 1.54. The zero-order valence-corrected chi connectivity index (χ0v) is 14.7. The van der Waals surface area contributed by atoms with Gasteiger partial charge in [-0.15, -0.1) is 16.4 Å². The van der Waals surface area contributed by atoms with Crippen molar-refractivity contribution >= 4 is 11.3 Å². The van der Waals surface area contributed by atoms with E-state index >= 15 is 0 Å². The van der Waals surface area contributed by atoms with Crippen molar-refractivity contribution in [1.29, 1.82) is 0 Å². The first kappa shape index (κ1) is 15.6. The van der Waals surface area contributed by atoms with E-state index in [2.05, 4.69) is 32.2 Å². The van der Waals surface area contributed by atoms with Gasteiger partial charge in [0.25, 0.3) is 0 Å². The molecule has 0 amide bonds. The smallest absolute Gasteiger partial charge is 0.195 e. The van der Waals surface area contributed by atoms with E-state index in [4.69, 9.17) is 4.42 Å². The van der Waals surface area contributed by atoms with E-state index in [9.17, 15) is 0 Å². The van der Waals surface area contributed by atoms with Crippen LogP contribution in [-0.2, 0) is 13.0 Å². The molecule has 0 aliphatic rings. The quantitative estimate of drug-likeness (QED) is 0.548. The maximum Gasteiger partial charge on any atom is 0.195 e.